The van der Waals surface area contributed by atoms with E-state index in [0.29, 0.717) is 5.91 Å². The molecule has 0 aliphatic carbocycles. The van der Waals surface area contributed by atoms with Gasteiger partial charge in [0.25, 0.3) is 0 Å². The molecule has 3 rings (SSSR count). The zero-order valence-electron chi connectivity index (χ0n) is 13.0. The van der Waals surface area contributed by atoms with Crippen molar-refractivity contribution in [3.8, 4) is 0 Å². The Morgan fingerprint density at radius 2 is 2.14 bits per heavy atom. The van der Waals surface area contributed by atoms with Gasteiger partial charge in [0.15, 0.2) is 0 Å². The van der Waals surface area contributed by atoms with Gasteiger partial charge in [-0.25, -0.2) is 0 Å². The Hall–Kier alpha value is -1.35. The van der Waals surface area contributed by atoms with Gasteiger partial charge in [-0.3, -0.25) is 4.79 Å². The number of benzene rings is 1. The van der Waals surface area contributed by atoms with Crippen molar-refractivity contribution in [3.05, 3.63) is 29.8 Å². The Balaban J connectivity index is 1.93. The molecule has 2 heterocycles. The molecule has 0 radical (unpaired) electrons. The second-order valence-electron chi connectivity index (χ2n) is 6.46. The number of carbonyl (C=O) groups is 1. The summed E-state index contributed by atoms with van der Waals surface area (Å²) < 4.78 is 0. The van der Waals surface area contributed by atoms with Gasteiger partial charge in [0, 0.05) is 18.8 Å². The van der Waals surface area contributed by atoms with Crippen LogP contribution in [0.25, 0.3) is 0 Å². The van der Waals surface area contributed by atoms with Crippen molar-refractivity contribution in [2.75, 3.05) is 24.5 Å². The maximum atomic E-state index is 13.3. The van der Waals surface area contributed by atoms with Crippen LogP contribution in [-0.4, -0.2) is 25.5 Å². The Morgan fingerprint density at radius 3 is 2.90 bits per heavy atom. The fraction of sp³-hybridized carbons (Fsp3) is 0.611. The second kappa shape index (κ2) is 6.18. The lowest BCUT2D eigenvalue weighted by atomic mass is 9.77. The third-order valence-electron chi connectivity index (χ3n) is 5.21. The number of piperidine rings is 1. The SMILES string of the molecule is CCC1(C(=O)N2CCCCc3ccccc32)CCCNC1. The van der Waals surface area contributed by atoms with Crippen LogP contribution in [0.15, 0.2) is 24.3 Å². The molecule has 114 valence electrons. The molecule has 0 spiro atoms. The molecule has 3 heteroatoms. The highest BCUT2D eigenvalue weighted by molar-refractivity contribution is 5.98. The summed E-state index contributed by atoms with van der Waals surface area (Å²) in [6.45, 7) is 4.92. The first kappa shape index (κ1) is 14.6. The van der Waals surface area contributed by atoms with Gasteiger partial charge < -0.3 is 10.2 Å². The average Bonchev–Trinajstić information content (AvgIpc) is 2.77. The molecule has 3 nitrogen and oxygen atoms in total. The third-order valence-corrected chi connectivity index (χ3v) is 5.21. The first-order valence-electron chi connectivity index (χ1n) is 8.37. The molecule has 0 bridgehead atoms. The molecule has 1 fully saturated rings. The first-order chi connectivity index (χ1) is 10.3. The summed E-state index contributed by atoms with van der Waals surface area (Å²) in [4.78, 5) is 15.4. The minimum absolute atomic E-state index is 0.199. The number of carbonyl (C=O) groups excluding carboxylic acids is 1. The number of anilines is 1. The topological polar surface area (TPSA) is 32.3 Å². The monoisotopic (exact) mass is 286 g/mol. The molecule has 2 aliphatic heterocycles. The molecule has 1 saturated heterocycles. The molecule has 1 aromatic carbocycles. The molecular weight excluding hydrogens is 260 g/mol. The quantitative estimate of drug-likeness (QED) is 0.906. The zero-order chi connectivity index (χ0) is 14.7. The van der Waals surface area contributed by atoms with Crippen LogP contribution in [0, 0.1) is 5.41 Å². The maximum Gasteiger partial charge on any atom is 0.234 e. The number of hydrogen-bond acceptors (Lipinski definition) is 2. The van der Waals surface area contributed by atoms with Gasteiger partial charge in [-0.1, -0.05) is 25.1 Å². The molecule has 0 saturated carbocycles. The van der Waals surface area contributed by atoms with Gasteiger partial charge in [0.1, 0.15) is 0 Å². The minimum atomic E-state index is -0.199. The van der Waals surface area contributed by atoms with E-state index in [1.807, 2.05) is 0 Å². The van der Waals surface area contributed by atoms with Crippen LogP contribution < -0.4 is 10.2 Å². The standard InChI is InChI=1S/C18H26N2O/c1-2-18(11-7-12-19-14-18)17(21)20-13-6-5-9-15-8-3-4-10-16(15)20/h3-4,8,10,19H,2,5-7,9,11-14H2,1H3. The molecule has 1 aromatic rings. The van der Waals surface area contributed by atoms with E-state index in [1.165, 1.54) is 12.0 Å². The third kappa shape index (κ3) is 2.71. The Labute approximate surface area is 127 Å². The van der Waals surface area contributed by atoms with Crippen molar-refractivity contribution >= 4 is 11.6 Å². The van der Waals surface area contributed by atoms with Crippen LogP contribution in [0.3, 0.4) is 0 Å². The largest absolute Gasteiger partial charge is 0.316 e. The molecule has 1 N–H and O–H groups in total. The number of fused-ring (bicyclic) bond motifs is 1. The van der Waals surface area contributed by atoms with Crippen LogP contribution in [0.2, 0.25) is 0 Å². The van der Waals surface area contributed by atoms with E-state index in [1.54, 1.807) is 0 Å². The van der Waals surface area contributed by atoms with E-state index in [2.05, 4.69) is 41.4 Å². The zero-order valence-corrected chi connectivity index (χ0v) is 13.0. The number of rotatable bonds is 2. The van der Waals surface area contributed by atoms with E-state index in [0.717, 1.165) is 57.4 Å². The van der Waals surface area contributed by atoms with Gasteiger partial charge in [-0.15, -0.1) is 0 Å². The Kier molecular flexibility index (Phi) is 4.29. The molecule has 21 heavy (non-hydrogen) atoms. The van der Waals surface area contributed by atoms with Crippen molar-refractivity contribution < 1.29 is 4.79 Å². The average molecular weight is 286 g/mol. The Bertz CT molecular complexity index is 506. The Morgan fingerprint density at radius 1 is 1.29 bits per heavy atom. The summed E-state index contributed by atoms with van der Waals surface area (Å²) in [6.07, 6.45) is 6.43. The van der Waals surface area contributed by atoms with Gasteiger partial charge in [0.05, 0.1) is 5.41 Å². The van der Waals surface area contributed by atoms with Crippen LogP contribution in [0.4, 0.5) is 5.69 Å². The van der Waals surface area contributed by atoms with Gasteiger partial charge in [-0.05, 0) is 56.7 Å². The van der Waals surface area contributed by atoms with Crippen molar-refractivity contribution in [1.82, 2.24) is 5.32 Å². The number of aryl methyl sites for hydroxylation is 1. The van der Waals surface area contributed by atoms with Crippen molar-refractivity contribution in [1.29, 1.82) is 0 Å². The van der Waals surface area contributed by atoms with E-state index in [9.17, 15) is 4.79 Å². The maximum absolute atomic E-state index is 13.3. The van der Waals surface area contributed by atoms with E-state index in [-0.39, 0.29) is 5.41 Å². The molecule has 1 unspecified atom stereocenters. The second-order valence-corrected chi connectivity index (χ2v) is 6.46. The van der Waals surface area contributed by atoms with E-state index >= 15 is 0 Å². The fourth-order valence-electron chi connectivity index (χ4n) is 3.79. The normalized spacial score (nSPS) is 26.0. The number of para-hydroxylation sites is 1. The number of hydrogen-bond donors (Lipinski definition) is 1. The van der Waals surface area contributed by atoms with Crippen LogP contribution >= 0.6 is 0 Å². The summed E-state index contributed by atoms with van der Waals surface area (Å²) in [5.74, 6) is 0.339. The number of nitrogens with one attached hydrogen (secondary N) is 1. The summed E-state index contributed by atoms with van der Waals surface area (Å²) in [7, 11) is 0. The lowest BCUT2D eigenvalue weighted by Crippen LogP contribution is -2.52. The summed E-state index contributed by atoms with van der Waals surface area (Å²) in [5, 5.41) is 3.44. The van der Waals surface area contributed by atoms with Crippen molar-refractivity contribution in [2.24, 2.45) is 5.41 Å². The summed E-state index contributed by atoms with van der Waals surface area (Å²) in [6, 6.07) is 8.45. The van der Waals surface area contributed by atoms with Gasteiger partial charge in [0.2, 0.25) is 5.91 Å². The minimum Gasteiger partial charge on any atom is -0.316 e. The van der Waals surface area contributed by atoms with Crippen molar-refractivity contribution in [2.45, 2.75) is 45.4 Å². The van der Waals surface area contributed by atoms with E-state index in [4.69, 9.17) is 0 Å². The number of amides is 1. The van der Waals surface area contributed by atoms with Crippen LogP contribution in [0.5, 0.6) is 0 Å². The highest BCUT2D eigenvalue weighted by Gasteiger charge is 2.41. The predicted octanol–water partition coefficient (Wildman–Crippen LogP) is 3.14. The van der Waals surface area contributed by atoms with Crippen molar-refractivity contribution in [3.63, 3.8) is 0 Å². The lowest BCUT2D eigenvalue weighted by molar-refractivity contribution is -0.129. The smallest absolute Gasteiger partial charge is 0.234 e. The molecule has 2 aliphatic rings. The molecule has 1 amide bonds. The first-order valence-corrected chi connectivity index (χ1v) is 8.37. The van der Waals surface area contributed by atoms with Crippen LogP contribution in [-0.2, 0) is 11.2 Å². The highest BCUT2D eigenvalue weighted by atomic mass is 16.2. The molecule has 1 atom stereocenters. The predicted molar refractivity (Wildman–Crippen MR) is 86.6 cm³/mol. The summed E-state index contributed by atoms with van der Waals surface area (Å²) >= 11 is 0. The number of nitrogens with zero attached hydrogens (tertiary/aromatic N) is 1. The van der Waals surface area contributed by atoms with Crippen LogP contribution in [0.1, 0.15) is 44.6 Å². The molecule has 0 aromatic heterocycles. The van der Waals surface area contributed by atoms with Gasteiger partial charge in [-0.2, -0.15) is 0 Å². The molecular formula is C18H26N2O. The lowest BCUT2D eigenvalue weighted by Gasteiger charge is -2.39. The summed E-state index contributed by atoms with van der Waals surface area (Å²) in [5.41, 5.74) is 2.28. The highest BCUT2D eigenvalue weighted by Crippen LogP contribution is 2.36. The van der Waals surface area contributed by atoms with Gasteiger partial charge >= 0.3 is 0 Å². The van der Waals surface area contributed by atoms with E-state index < -0.39 is 0 Å². The fourth-order valence-corrected chi connectivity index (χ4v) is 3.79.